The van der Waals surface area contributed by atoms with Crippen molar-refractivity contribution in [1.82, 2.24) is 9.97 Å². The molecule has 4 heteroatoms. The van der Waals surface area contributed by atoms with E-state index in [-0.39, 0.29) is 19.0 Å². The average Bonchev–Trinajstić information content (AvgIpc) is 2.40. The first-order valence-corrected chi connectivity index (χ1v) is 6.13. The van der Waals surface area contributed by atoms with Crippen LogP contribution in [0.4, 0.5) is 0 Å². The van der Waals surface area contributed by atoms with Gasteiger partial charge >= 0.3 is 5.97 Å². The van der Waals surface area contributed by atoms with Crippen molar-refractivity contribution in [3.8, 4) is 0 Å². The lowest BCUT2D eigenvalue weighted by molar-refractivity contribution is -0.144. The molecule has 0 amide bonds. The molecule has 0 unspecified atom stereocenters. The zero-order valence-corrected chi connectivity index (χ0v) is 11.1. The van der Waals surface area contributed by atoms with E-state index in [1.54, 1.807) is 12.4 Å². The number of ether oxygens (including phenoxy) is 1. The van der Waals surface area contributed by atoms with Gasteiger partial charge in [0, 0.05) is 12.4 Å². The topological polar surface area (TPSA) is 52.1 Å². The van der Waals surface area contributed by atoms with Gasteiger partial charge in [0.15, 0.2) is 0 Å². The van der Waals surface area contributed by atoms with E-state index in [0.29, 0.717) is 0 Å². The minimum absolute atomic E-state index is 0.193. The normalized spacial score (nSPS) is 10.2. The fourth-order valence-electron chi connectivity index (χ4n) is 1.71. The maximum absolute atomic E-state index is 11.8. The first-order valence-electron chi connectivity index (χ1n) is 6.13. The van der Waals surface area contributed by atoms with Gasteiger partial charge in [-0.1, -0.05) is 12.1 Å². The molecule has 2 aromatic heterocycles. The molecule has 0 aliphatic heterocycles. The van der Waals surface area contributed by atoms with Crippen LogP contribution in [0.2, 0.25) is 0 Å². The van der Waals surface area contributed by atoms with E-state index in [1.165, 1.54) is 0 Å². The van der Waals surface area contributed by atoms with Crippen LogP contribution in [0.25, 0.3) is 0 Å². The van der Waals surface area contributed by atoms with E-state index >= 15 is 0 Å². The summed E-state index contributed by atoms with van der Waals surface area (Å²) in [5.74, 6) is -0.285. The molecule has 0 radical (unpaired) electrons. The van der Waals surface area contributed by atoms with Crippen LogP contribution in [0.5, 0.6) is 0 Å². The van der Waals surface area contributed by atoms with Gasteiger partial charge in [0.25, 0.3) is 0 Å². The zero-order chi connectivity index (χ0) is 13.7. The van der Waals surface area contributed by atoms with Gasteiger partial charge in [0.2, 0.25) is 0 Å². The first-order chi connectivity index (χ1) is 9.16. The predicted octanol–water partition coefficient (Wildman–Crippen LogP) is 2.38. The van der Waals surface area contributed by atoms with Gasteiger partial charge in [-0.05, 0) is 37.1 Å². The lowest BCUT2D eigenvalue weighted by atomic mass is 10.2. The Morgan fingerprint density at radius 3 is 2.21 bits per heavy atom. The second kappa shape index (κ2) is 6.09. The molecule has 4 nitrogen and oxygen atoms in total. The Balaban J connectivity index is 1.92. The number of nitrogens with zero attached hydrogens (tertiary/aromatic N) is 2. The summed E-state index contributed by atoms with van der Waals surface area (Å²) in [5, 5.41) is 0. The van der Waals surface area contributed by atoms with E-state index in [4.69, 9.17) is 4.74 Å². The monoisotopic (exact) mass is 256 g/mol. The van der Waals surface area contributed by atoms with Crippen LogP contribution < -0.4 is 0 Å². The molecule has 0 fully saturated rings. The van der Waals surface area contributed by atoms with Crippen LogP contribution in [-0.4, -0.2) is 15.9 Å². The zero-order valence-electron chi connectivity index (χ0n) is 11.1. The molecule has 0 aromatic carbocycles. The van der Waals surface area contributed by atoms with Crippen molar-refractivity contribution in [3.63, 3.8) is 0 Å². The van der Waals surface area contributed by atoms with E-state index in [0.717, 1.165) is 22.5 Å². The third-order valence-corrected chi connectivity index (χ3v) is 2.92. The highest BCUT2D eigenvalue weighted by Crippen LogP contribution is 2.08. The van der Waals surface area contributed by atoms with Crippen LogP contribution in [0.1, 0.15) is 22.5 Å². The molecule has 2 rings (SSSR count). The highest BCUT2D eigenvalue weighted by atomic mass is 16.5. The summed E-state index contributed by atoms with van der Waals surface area (Å²) < 4.78 is 5.23. The molecule has 0 spiro atoms. The van der Waals surface area contributed by atoms with Crippen molar-refractivity contribution in [3.05, 3.63) is 59.2 Å². The highest BCUT2D eigenvalue weighted by Gasteiger charge is 2.09. The molecule has 0 atom stereocenters. The Kier molecular flexibility index (Phi) is 4.23. The predicted molar refractivity (Wildman–Crippen MR) is 71.4 cm³/mol. The first kappa shape index (κ1) is 13.2. The van der Waals surface area contributed by atoms with Crippen molar-refractivity contribution in [1.29, 1.82) is 0 Å². The molecule has 0 saturated heterocycles. The van der Waals surface area contributed by atoms with Crippen LogP contribution in [0, 0.1) is 13.8 Å². The molecule has 0 bridgehead atoms. The molecule has 2 heterocycles. The summed E-state index contributed by atoms with van der Waals surface area (Å²) in [7, 11) is 0. The molecule has 0 saturated carbocycles. The van der Waals surface area contributed by atoms with Gasteiger partial charge in [-0.15, -0.1) is 0 Å². The second-order valence-electron chi connectivity index (χ2n) is 4.37. The maximum Gasteiger partial charge on any atom is 0.312 e. The van der Waals surface area contributed by atoms with E-state index in [9.17, 15) is 4.79 Å². The Hall–Kier alpha value is -2.23. The SMILES string of the molecule is Cc1cccnc1COC(=O)Cc1ncccc1C. The summed E-state index contributed by atoms with van der Waals surface area (Å²) >= 11 is 0. The van der Waals surface area contributed by atoms with Crippen molar-refractivity contribution >= 4 is 5.97 Å². The summed E-state index contributed by atoms with van der Waals surface area (Å²) in [5.41, 5.74) is 3.55. The van der Waals surface area contributed by atoms with Crippen molar-refractivity contribution in [2.45, 2.75) is 26.9 Å². The number of rotatable bonds is 4. The van der Waals surface area contributed by atoms with Crippen molar-refractivity contribution < 1.29 is 9.53 Å². The quantitative estimate of drug-likeness (QED) is 0.788. The third-order valence-electron chi connectivity index (χ3n) is 2.92. The Labute approximate surface area is 112 Å². The molecule has 0 aliphatic carbocycles. The summed E-state index contributed by atoms with van der Waals surface area (Å²) in [4.78, 5) is 20.1. The number of aryl methyl sites for hydroxylation is 2. The molecule has 2 aromatic rings. The fraction of sp³-hybridized carbons (Fsp3) is 0.267. The number of hydrogen-bond donors (Lipinski definition) is 0. The summed E-state index contributed by atoms with van der Waals surface area (Å²) in [6.07, 6.45) is 3.57. The number of pyridine rings is 2. The van der Waals surface area contributed by atoms with Gasteiger partial charge < -0.3 is 4.74 Å². The number of carbonyl (C=O) groups excluding carboxylic acids is 1. The Morgan fingerprint density at radius 1 is 1.05 bits per heavy atom. The van der Waals surface area contributed by atoms with Crippen molar-refractivity contribution in [2.24, 2.45) is 0 Å². The summed E-state index contributed by atoms with van der Waals surface area (Å²) in [6.45, 7) is 4.08. The van der Waals surface area contributed by atoms with Gasteiger partial charge in [-0.3, -0.25) is 14.8 Å². The van der Waals surface area contributed by atoms with Gasteiger partial charge in [-0.2, -0.15) is 0 Å². The van der Waals surface area contributed by atoms with E-state index in [2.05, 4.69) is 9.97 Å². The Bertz CT molecular complexity index is 582. The highest BCUT2D eigenvalue weighted by molar-refractivity contribution is 5.72. The van der Waals surface area contributed by atoms with E-state index in [1.807, 2.05) is 38.1 Å². The Morgan fingerprint density at radius 2 is 1.63 bits per heavy atom. The second-order valence-corrected chi connectivity index (χ2v) is 4.37. The maximum atomic E-state index is 11.8. The van der Waals surface area contributed by atoms with Gasteiger partial charge in [0.05, 0.1) is 17.8 Å². The average molecular weight is 256 g/mol. The smallest absolute Gasteiger partial charge is 0.312 e. The largest absolute Gasteiger partial charge is 0.459 e. The molecule has 19 heavy (non-hydrogen) atoms. The van der Waals surface area contributed by atoms with Crippen LogP contribution >= 0.6 is 0 Å². The molecule has 0 aliphatic rings. The van der Waals surface area contributed by atoms with Crippen LogP contribution in [0.15, 0.2) is 36.7 Å². The molecular weight excluding hydrogens is 240 g/mol. The van der Waals surface area contributed by atoms with Crippen LogP contribution in [-0.2, 0) is 22.6 Å². The van der Waals surface area contributed by atoms with Gasteiger partial charge in [0.1, 0.15) is 6.61 Å². The minimum atomic E-state index is -0.285. The number of hydrogen-bond acceptors (Lipinski definition) is 4. The molecule has 0 N–H and O–H groups in total. The standard InChI is InChI=1S/C15H16N2O2/c1-11-5-3-7-16-13(11)9-15(18)19-10-14-12(2)6-4-8-17-14/h3-8H,9-10H2,1-2H3. The lowest BCUT2D eigenvalue weighted by Crippen LogP contribution is -2.11. The van der Waals surface area contributed by atoms with Crippen molar-refractivity contribution in [2.75, 3.05) is 0 Å². The lowest BCUT2D eigenvalue weighted by Gasteiger charge is -2.07. The third kappa shape index (κ3) is 3.61. The van der Waals surface area contributed by atoms with Gasteiger partial charge in [-0.25, -0.2) is 0 Å². The summed E-state index contributed by atoms with van der Waals surface area (Å²) in [6, 6.07) is 7.58. The number of esters is 1. The van der Waals surface area contributed by atoms with E-state index < -0.39 is 0 Å². The minimum Gasteiger partial charge on any atom is -0.459 e. The number of aromatic nitrogens is 2. The fourth-order valence-corrected chi connectivity index (χ4v) is 1.71. The number of carbonyl (C=O) groups is 1. The molecular formula is C15H16N2O2. The van der Waals surface area contributed by atoms with Crippen LogP contribution in [0.3, 0.4) is 0 Å². The molecule has 98 valence electrons.